The Balaban J connectivity index is 1.95. The maximum Gasteiger partial charge on any atom is 0.315 e. The molecule has 0 spiro atoms. The van der Waals surface area contributed by atoms with Crippen LogP contribution in [0.2, 0.25) is 10.0 Å². The molecular formula is C14H17Cl2N3O2. The molecule has 2 N–H and O–H groups in total. The molecule has 0 aliphatic heterocycles. The number of nitrogens with one attached hydrogen (secondary N) is 2. The van der Waals surface area contributed by atoms with Crippen molar-refractivity contribution in [1.29, 1.82) is 0 Å². The Morgan fingerprint density at radius 3 is 2.43 bits per heavy atom. The molecule has 7 heteroatoms. The molecule has 114 valence electrons. The maximum atomic E-state index is 11.8. The van der Waals surface area contributed by atoms with E-state index < -0.39 is 0 Å². The Kier molecular flexibility index (Phi) is 5.31. The first kappa shape index (κ1) is 15.9. The molecule has 1 aromatic carbocycles. The number of benzene rings is 1. The number of para-hydroxylation sites is 1. The van der Waals surface area contributed by atoms with Crippen LogP contribution >= 0.6 is 23.2 Å². The minimum Gasteiger partial charge on any atom is -0.336 e. The molecular weight excluding hydrogens is 313 g/mol. The van der Waals surface area contributed by atoms with E-state index in [-0.39, 0.29) is 11.9 Å². The predicted molar refractivity (Wildman–Crippen MR) is 84.0 cm³/mol. The van der Waals surface area contributed by atoms with E-state index in [9.17, 15) is 9.59 Å². The summed E-state index contributed by atoms with van der Waals surface area (Å²) >= 11 is 12.2. The lowest BCUT2D eigenvalue weighted by atomic mass is 10.2. The highest BCUT2D eigenvalue weighted by atomic mass is 35.5. The van der Waals surface area contributed by atoms with E-state index in [0.29, 0.717) is 34.9 Å². The van der Waals surface area contributed by atoms with Crippen LogP contribution in [0.1, 0.15) is 19.8 Å². The van der Waals surface area contributed by atoms with Crippen LogP contribution in [0.3, 0.4) is 0 Å². The van der Waals surface area contributed by atoms with Crippen molar-refractivity contribution in [3.63, 3.8) is 0 Å². The van der Waals surface area contributed by atoms with Crippen molar-refractivity contribution in [2.75, 3.05) is 18.0 Å². The second-order valence-corrected chi connectivity index (χ2v) is 5.73. The number of urea groups is 1. The highest BCUT2D eigenvalue weighted by Gasteiger charge is 2.23. The molecule has 2 rings (SSSR count). The molecule has 3 amide bonds. The standard InChI is InChI=1S/C14H17Cl2N3O2/c1-9(20)19(13-11(15)3-2-4-12(13)16)8-7-17-14(21)18-10-5-6-10/h2-4,10H,5-8H2,1H3,(H2,17,18,21). The summed E-state index contributed by atoms with van der Waals surface area (Å²) in [6.45, 7) is 2.06. The van der Waals surface area contributed by atoms with Gasteiger partial charge in [0.1, 0.15) is 0 Å². The van der Waals surface area contributed by atoms with Gasteiger partial charge in [-0.15, -0.1) is 0 Å². The molecule has 21 heavy (non-hydrogen) atoms. The largest absolute Gasteiger partial charge is 0.336 e. The van der Waals surface area contributed by atoms with Crippen molar-refractivity contribution in [3.05, 3.63) is 28.2 Å². The molecule has 0 aromatic heterocycles. The number of amides is 3. The Morgan fingerprint density at radius 1 is 1.29 bits per heavy atom. The Morgan fingerprint density at radius 2 is 1.90 bits per heavy atom. The fourth-order valence-electron chi connectivity index (χ4n) is 1.92. The minimum atomic E-state index is -0.216. The SMILES string of the molecule is CC(=O)N(CCNC(=O)NC1CC1)c1c(Cl)cccc1Cl. The van der Waals surface area contributed by atoms with Crippen molar-refractivity contribution in [2.24, 2.45) is 0 Å². The van der Waals surface area contributed by atoms with Crippen molar-refractivity contribution in [1.82, 2.24) is 10.6 Å². The Bertz CT molecular complexity index is 527. The van der Waals surface area contributed by atoms with Gasteiger partial charge >= 0.3 is 6.03 Å². The van der Waals surface area contributed by atoms with Gasteiger partial charge in [0.2, 0.25) is 5.91 Å². The molecule has 0 atom stereocenters. The summed E-state index contributed by atoms with van der Waals surface area (Å²) in [5.41, 5.74) is 0.470. The summed E-state index contributed by atoms with van der Waals surface area (Å²) < 4.78 is 0. The van der Waals surface area contributed by atoms with E-state index in [0.717, 1.165) is 12.8 Å². The van der Waals surface area contributed by atoms with Gasteiger partial charge in [-0.25, -0.2) is 4.79 Å². The lowest BCUT2D eigenvalue weighted by molar-refractivity contribution is -0.116. The first-order chi connectivity index (χ1) is 9.99. The smallest absolute Gasteiger partial charge is 0.315 e. The number of hydrogen-bond donors (Lipinski definition) is 2. The molecule has 1 saturated carbocycles. The number of hydrogen-bond acceptors (Lipinski definition) is 2. The van der Waals surface area contributed by atoms with Crippen LogP contribution in [-0.2, 0) is 4.79 Å². The molecule has 1 aliphatic rings. The summed E-state index contributed by atoms with van der Waals surface area (Å²) in [7, 11) is 0. The number of anilines is 1. The number of carbonyl (C=O) groups is 2. The van der Waals surface area contributed by atoms with Gasteiger partial charge in [-0.1, -0.05) is 29.3 Å². The van der Waals surface area contributed by atoms with Crippen LogP contribution < -0.4 is 15.5 Å². The van der Waals surface area contributed by atoms with E-state index in [1.807, 2.05) is 0 Å². The van der Waals surface area contributed by atoms with Crippen LogP contribution in [0.5, 0.6) is 0 Å². The van der Waals surface area contributed by atoms with E-state index >= 15 is 0 Å². The monoisotopic (exact) mass is 329 g/mol. The van der Waals surface area contributed by atoms with Crippen LogP contribution in [0, 0.1) is 0 Å². The van der Waals surface area contributed by atoms with Crippen LogP contribution in [0.15, 0.2) is 18.2 Å². The third kappa shape index (κ3) is 4.51. The van der Waals surface area contributed by atoms with Gasteiger partial charge in [0, 0.05) is 26.1 Å². The van der Waals surface area contributed by atoms with Crippen molar-refractivity contribution >= 4 is 40.8 Å². The second-order valence-electron chi connectivity index (χ2n) is 4.92. The summed E-state index contributed by atoms with van der Waals surface area (Å²) in [6, 6.07) is 5.14. The average Bonchev–Trinajstić information content (AvgIpc) is 3.20. The molecule has 0 bridgehead atoms. The first-order valence-corrected chi connectivity index (χ1v) is 7.51. The normalized spacial score (nSPS) is 13.7. The van der Waals surface area contributed by atoms with E-state index in [4.69, 9.17) is 23.2 Å². The molecule has 1 fully saturated rings. The molecule has 1 aliphatic carbocycles. The van der Waals surface area contributed by atoms with Gasteiger partial charge in [-0.2, -0.15) is 0 Å². The average molecular weight is 330 g/mol. The summed E-state index contributed by atoms with van der Waals surface area (Å²) in [6.07, 6.45) is 2.06. The highest BCUT2D eigenvalue weighted by molar-refractivity contribution is 6.39. The van der Waals surface area contributed by atoms with Crippen LogP contribution in [0.25, 0.3) is 0 Å². The molecule has 1 aromatic rings. The lowest BCUT2D eigenvalue weighted by Crippen LogP contribution is -2.42. The zero-order valence-corrected chi connectivity index (χ0v) is 13.2. The third-order valence-corrected chi connectivity index (χ3v) is 3.73. The molecule has 0 saturated heterocycles. The number of halogens is 2. The molecule has 0 radical (unpaired) electrons. The van der Waals surface area contributed by atoms with Gasteiger partial charge in [-0.05, 0) is 25.0 Å². The van der Waals surface area contributed by atoms with Crippen molar-refractivity contribution in [3.8, 4) is 0 Å². The maximum absolute atomic E-state index is 11.8. The lowest BCUT2D eigenvalue weighted by Gasteiger charge is -2.23. The second kappa shape index (κ2) is 7.00. The van der Waals surface area contributed by atoms with Gasteiger partial charge < -0.3 is 15.5 Å². The summed E-state index contributed by atoms with van der Waals surface area (Å²) in [5.74, 6) is -0.186. The summed E-state index contributed by atoms with van der Waals surface area (Å²) in [4.78, 5) is 24.8. The molecule has 0 heterocycles. The van der Waals surface area contributed by atoms with Gasteiger partial charge in [0.25, 0.3) is 0 Å². The highest BCUT2D eigenvalue weighted by Crippen LogP contribution is 2.33. The zero-order valence-electron chi connectivity index (χ0n) is 11.7. The van der Waals surface area contributed by atoms with Crippen LogP contribution in [0.4, 0.5) is 10.5 Å². The van der Waals surface area contributed by atoms with E-state index in [2.05, 4.69) is 10.6 Å². The predicted octanol–water partition coefficient (Wildman–Crippen LogP) is 2.81. The Labute approximate surface area is 133 Å². The van der Waals surface area contributed by atoms with Crippen molar-refractivity contribution < 1.29 is 9.59 Å². The van der Waals surface area contributed by atoms with Gasteiger partial charge in [0.15, 0.2) is 0 Å². The molecule has 0 unspecified atom stereocenters. The molecule has 5 nitrogen and oxygen atoms in total. The van der Waals surface area contributed by atoms with E-state index in [1.54, 1.807) is 18.2 Å². The fourth-order valence-corrected chi connectivity index (χ4v) is 2.52. The first-order valence-electron chi connectivity index (χ1n) is 6.75. The Hall–Kier alpha value is -1.46. The topological polar surface area (TPSA) is 61.4 Å². The number of nitrogens with zero attached hydrogens (tertiary/aromatic N) is 1. The fraction of sp³-hybridized carbons (Fsp3) is 0.429. The minimum absolute atomic E-state index is 0.186. The quantitative estimate of drug-likeness (QED) is 0.872. The zero-order chi connectivity index (χ0) is 15.4. The summed E-state index contributed by atoms with van der Waals surface area (Å²) in [5, 5.41) is 6.34. The van der Waals surface area contributed by atoms with Crippen molar-refractivity contribution in [2.45, 2.75) is 25.8 Å². The van der Waals surface area contributed by atoms with Gasteiger partial charge in [0.05, 0.1) is 15.7 Å². The van der Waals surface area contributed by atoms with Gasteiger partial charge in [-0.3, -0.25) is 4.79 Å². The van der Waals surface area contributed by atoms with Crippen LogP contribution in [-0.4, -0.2) is 31.1 Å². The van der Waals surface area contributed by atoms with E-state index in [1.165, 1.54) is 11.8 Å². The number of carbonyl (C=O) groups excluding carboxylic acids is 2. The third-order valence-electron chi connectivity index (χ3n) is 3.12. The number of rotatable bonds is 5.